The number of nitrogens with zero attached hydrogens (tertiary/aromatic N) is 4. The van der Waals surface area contributed by atoms with E-state index in [0.29, 0.717) is 17.9 Å². The molecule has 106 valence electrons. The number of carbonyl (C=O) groups is 1. The fourth-order valence-electron chi connectivity index (χ4n) is 2.81. The van der Waals surface area contributed by atoms with E-state index in [4.69, 9.17) is 0 Å². The summed E-state index contributed by atoms with van der Waals surface area (Å²) in [6.45, 7) is 0.521. The second kappa shape index (κ2) is 5.29. The normalized spacial score (nSPS) is 17.7. The van der Waals surface area contributed by atoms with Crippen LogP contribution in [0, 0.1) is 11.3 Å². The molecule has 0 aliphatic carbocycles. The van der Waals surface area contributed by atoms with Gasteiger partial charge < -0.3 is 9.67 Å². The number of hydrogen-bond acceptors (Lipinski definition) is 3. The molecule has 2 heterocycles. The van der Waals surface area contributed by atoms with E-state index >= 15 is 0 Å². The molecule has 0 bridgehead atoms. The molecule has 1 aliphatic heterocycles. The first-order valence-electron chi connectivity index (χ1n) is 6.74. The summed E-state index contributed by atoms with van der Waals surface area (Å²) < 4.78 is 1.81. The molecule has 1 aliphatic rings. The van der Waals surface area contributed by atoms with Crippen molar-refractivity contribution in [1.82, 2.24) is 14.5 Å². The molecule has 1 fully saturated rings. The lowest BCUT2D eigenvalue weighted by Crippen LogP contribution is -2.30. The Morgan fingerprint density at radius 1 is 1.43 bits per heavy atom. The smallest absolute Gasteiger partial charge is 0.407 e. The lowest BCUT2D eigenvalue weighted by molar-refractivity contribution is 0.138. The minimum Gasteiger partial charge on any atom is -0.465 e. The summed E-state index contributed by atoms with van der Waals surface area (Å²) in [5.74, 6) is 0.664. The number of para-hydroxylation sites is 1. The maximum Gasteiger partial charge on any atom is 0.407 e. The second-order valence-corrected chi connectivity index (χ2v) is 4.92. The van der Waals surface area contributed by atoms with Gasteiger partial charge in [0, 0.05) is 18.9 Å². The first kappa shape index (κ1) is 13.2. The van der Waals surface area contributed by atoms with E-state index in [2.05, 4.69) is 11.1 Å². The number of likely N-dealkylation sites (tertiary alicyclic amines) is 1. The van der Waals surface area contributed by atoms with Gasteiger partial charge in [0.2, 0.25) is 0 Å². The van der Waals surface area contributed by atoms with Crippen LogP contribution in [-0.2, 0) is 0 Å². The van der Waals surface area contributed by atoms with Crippen LogP contribution in [-0.4, -0.2) is 32.2 Å². The highest BCUT2D eigenvalue weighted by Gasteiger charge is 2.33. The fourth-order valence-corrected chi connectivity index (χ4v) is 2.81. The quantitative estimate of drug-likeness (QED) is 0.917. The second-order valence-electron chi connectivity index (χ2n) is 4.92. The Morgan fingerprint density at radius 2 is 2.24 bits per heavy atom. The van der Waals surface area contributed by atoms with E-state index in [1.807, 2.05) is 16.7 Å². The summed E-state index contributed by atoms with van der Waals surface area (Å²) in [7, 11) is 0. The van der Waals surface area contributed by atoms with Gasteiger partial charge in [0.05, 0.1) is 17.3 Å². The predicted molar refractivity (Wildman–Crippen MR) is 75.0 cm³/mol. The van der Waals surface area contributed by atoms with Gasteiger partial charge in [0.25, 0.3) is 0 Å². The average Bonchev–Trinajstić information content (AvgIpc) is 3.15. The van der Waals surface area contributed by atoms with Gasteiger partial charge in [-0.05, 0) is 25.0 Å². The summed E-state index contributed by atoms with van der Waals surface area (Å²) in [5, 5.41) is 18.5. The first-order valence-corrected chi connectivity index (χ1v) is 6.74. The molecule has 1 saturated heterocycles. The number of imidazole rings is 1. The first-order chi connectivity index (χ1) is 10.2. The van der Waals surface area contributed by atoms with Crippen molar-refractivity contribution in [2.75, 3.05) is 6.54 Å². The Hall–Kier alpha value is -2.81. The molecule has 0 saturated carbocycles. The number of rotatable bonds is 2. The molecule has 1 aromatic carbocycles. The van der Waals surface area contributed by atoms with Crippen LogP contribution < -0.4 is 0 Å². The molecular formula is C15H14N4O2. The maximum absolute atomic E-state index is 11.3. The van der Waals surface area contributed by atoms with Gasteiger partial charge in [-0.2, -0.15) is 5.26 Å². The summed E-state index contributed by atoms with van der Waals surface area (Å²) in [6.07, 6.45) is 4.05. The largest absolute Gasteiger partial charge is 0.465 e. The number of hydrogen-bond donors (Lipinski definition) is 1. The minimum atomic E-state index is -0.930. The van der Waals surface area contributed by atoms with Crippen LogP contribution in [0.15, 0.2) is 36.7 Å². The molecule has 1 N–H and O–H groups in total. The highest BCUT2D eigenvalue weighted by Crippen LogP contribution is 2.32. The van der Waals surface area contributed by atoms with E-state index in [9.17, 15) is 15.2 Å². The van der Waals surface area contributed by atoms with Crippen molar-refractivity contribution < 1.29 is 9.90 Å². The molecule has 21 heavy (non-hydrogen) atoms. The molecule has 2 aromatic rings. The van der Waals surface area contributed by atoms with Crippen LogP contribution in [0.3, 0.4) is 0 Å². The van der Waals surface area contributed by atoms with Crippen molar-refractivity contribution in [2.45, 2.75) is 18.9 Å². The van der Waals surface area contributed by atoms with Crippen LogP contribution in [0.5, 0.6) is 0 Å². The Bertz CT molecular complexity index is 716. The standard InChI is InChI=1S/C15H14N4O2/c16-10-11-4-1-2-5-12(11)18-9-7-17-14(18)13-6-3-8-19(13)15(20)21/h1-2,4-5,7,9,13H,3,6,8H2,(H,20,21)/t13-/m0/s1. The monoisotopic (exact) mass is 282 g/mol. The van der Waals surface area contributed by atoms with Crippen LogP contribution >= 0.6 is 0 Å². The Morgan fingerprint density at radius 3 is 3.00 bits per heavy atom. The summed E-state index contributed by atoms with van der Waals surface area (Å²) in [4.78, 5) is 17.1. The van der Waals surface area contributed by atoms with Gasteiger partial charge in [0.1, 0.15) is 11.9 Å². The van der Waals surface area contributed by atoms with E-state index in [1.54, 1.807) is 24.5 Å². The third-order valence-electron chi connectivity index (χ3n) is 3.75. The Balaban J connectivity index is 2.06. The van der Waals surface area contributed by atoms with Gasteiger partial charge in [-0.3, -0.25) is 4.90 Å². The SMILES string of the molecule is N#Cc1ccccc1-n1ccnc1[C@@H]1CCCN1C(=O)O. The summed E-state index contributed by atoms with van der Waals surface area (Å²) in [6, 6.07) is 9.13. The molecule has 0 unspecified atom stereocenters. The number of amides is 1. The minimum absolute atomic E-state index is 0.260. The van der Waals surface area contributed by atoms with Crippen molar-refractivity contribution >= 4 is 6.09 Å². The van der Waals surface area contributed by atoms with Crippen molar-refractivity contribution in [1.29, 1.82) is 5.26 Å². The highest BCUT2D eigenvalue weighted by atomic mass is 16.4. The van der Waals surface area contributed by atoms with E-state index < -0.39 is 6.09 Å². The van der Waals surface area contributed by atoms with Gasteiger partial charge in [0.15, 0.2) is 0 Å². The van der Waals surface area contributed by atoms with Crippen molar-refractivity contribution in [2.24, 2.45) is 0 Å². The van der Waals surface area contributed by atoms with Crippen LogP contribution in [0.2, 0.25) is 0 Å². The molecule has 1 amide bonds. The lowest BCUT2D eigenvalue weighted by Gasteiger charge is -2.22. The molecule has 1 aromatic heterocycles. The molecule has 0 radical (unpaired) electrons. The zero-order valence-electron chi connectivity index (χ0n) is 11.3. The van der Waals surface area contributed by atoms with E-state index in [1.165, 1.54) is 4.90 Å². The molecule has 6 heteroatoms. The Labute approximate surface area is 121 Å². The average molecular weight is 282 g/mol. The van der Waals surface area contributed by atoms with Gasteiger partial charge >= 0.3 is 6.09 Å². The van der Waals surface area contributed by atoms with Crippen molar-refractivity contribution in [3.63, 3.8) is 0 Å². The van der Waals surface area contributed by atoms with Crippen molar-refractivity contribution in [3.8, 4) is 11.8 Å². The molecule has 0 spiro atoms. The Kier molecular flexibility index (Phi) is 3.32. The third kappa shape index (κ3) is 2.23. The summed E-state index contributed by atoms with van der Waals surface area (Å²) >= 11 is 0. The zero-order chi connectivity index (χ0) is 14.8. The van der Waals surface area contributed by atoms with Crippen molar-refractivity contribution in [3.05, 3.63) is 48.0 Å². The third-order valence-corrected chi connectivity index (χ3v) is 3.75. The molecule has 6 nitrogen and oxygen atoms in total. The van der Waals surface area contributed by atoms with Gasteiger partial charge in [-0.15, -0.1) is 0 Å². The van der Waals surface area contributed by atoms with Gasteiger partial charge in [-0.1, -0.05) is 12.1 Å². The van der Waals surface area contributed by atoms with E-state index in [-0.39, 0.29) is 6.04 Å². The number of benzene rings is 1. The van der Waals surface area contributed by atoms with Crippen LogP contribution in [0.4, 0.5) is 4.79 Å². The number of aromatic nitrogens is 2. The number of nitriles is 1. The van der Waals surface area contributed by atoms with Crippen LogP contribution in [0.25, 0.3) is 5.69 Å². The zero-order valence-corrected chi connectivity index (χ0v) is 11.3. The fraction of sp³-hybridized carbons (Fsp3) is 0.267. The highest BCUT2D eigenvalue weighted by molar-refractivity contribution is 5.66. The van der Waals surface area contributed by atoms with E-state index in [0.717, 1.165) is 18.5 Å². The molecule has 3 rings (SSSR count). The lowest BCUT2D eigenvalue weighted by atomic mass is 10.1. The molecule has 1 atom stereocenters. The predicted octanol–water partition coefficient (Wildman–Crippen LogP) is 2.56. The van der Waals surface area contributed by atoms with Crippen LogP contribution in [0.1, 0.15) is 30.3 Å². The topological polar surface area (TPSA) is 82.2 Å². The maximum atomic E-state index is 11.3. The number of carboxylic acid groups (broad SMARTS) is 1. The molecular weight excluding hydrogens is 268 g/mol. The summed E-state index contributed by atoms with van der Waals surface area (Å²) in [5.41, 5.74) is 1.27. The van der Waals surface area contributed by atoms with Gasteiger partial charge in [-0.25, -0.2) is 9.78 Å².